The second-order valence-corrected chi connectivity index (χ2v) is 9.89. The van der Waals surface area contributed by atoms with Crippen molar-refractivity contribution in [1.82, 2.24) is 20.3 Å². The van der Waals surface area contributed by atoms with Crippen LogP contribution in [0.1, 0.15) is 28.8 Å². The lowest BCUT2D eigenvalue weighted by Crippen LogP contribution is -2.46. The quantitative estimate of drug-likeness (QED) is 0.324. The maximum atomic E-state index is 13.8. The van der Waals surface area contributed by atoms with Crippen molar-refractivity contribution in [1.29, 1.82) is 5.26 Å². The standard InChI is InChI=1S/C20H11ClF9N5O3S/c1-35-12(11(18(23,24)25)15(33-35)37-20(29,30)16(22)19(26,27)28)8-5-9(38-34-8)10-4-7(13(21)39-10)14(36)32-17(6-31)2-3-17/h4-5,16H,2-3H2,1H3,(H,32,36). The summed E-state index contributed by atoms with van der Waals surface area (Å²) in [6, 6.07) is 4.05. The molecule has 8 nitrogen and oxygen atoms in total. The van der Waals surface area contributed by atoms with Crippen molar-refractivity contribution in [3.05, 3.63) is 27.6 Å². The third kappa shape index (κ3) is 5.50. The van der Waals surface area contributed by atoms with Crippen molar-refractivity contribution >= 4 is 28.8 Å². The molecule has 0 spiro atoms. The molecule has 0 radical (unpaired) electrons. The molecule has 0 bridgehead atoms. The summed E-state index contributed by atoms with van der Waals surface area (Å²) in [6.07, 6.45) is -21.5. The van der Waals surface area contributed by atoms with Crippen LogP contribution in [0.5, 0.6) is 5.88 Å². The monoisotopic (exact) mass is 607 g/mol. The van der Waals surface area contributed by atoms with E-state index in [0.29, 0.717) is 17.5 Å². The summed E-state index contributed by atoms with van der Waals surface area (Å²) in [5, 5.41) is 18.1. The highest BCUT2D eigenvalue weighted by atomic mass is 35.5. The van der Waals surface area contributed by atoms with E-state index in [1.165, 1.54) is 6.07 Å². The normalized spacial score (nSPS) is 16.1. The fraction of sp³-hybridized carbons (Fsp3) is 0.400. The van der Waals surface area contributed by atoms with E-state index in [4.69, 9.17) is 21.4 Å². The summed E-state index contributed by atoms with van der Waals surface area (Å²) in [7, 11) is 0.813. The number of rotatable bonds is 7. The average molecular weight is 608 g/mol. The van der Waals surface area contributed by atoms with Gasteiger partial charge < -0.3 is 14.6 Å². The molecule has 0 aromatic carbocycles. The van der Waals surface area contributed by atoms with Gasteiger partial charge in [-0.1, -0.05) is 16.8 Å². The Labute approximate surface area is 219 Å². The number of carbonyl (C=O) groups excluding carboxylic acids is 1. The van der Waals surface area contributed by atoms with Crippen molar-refractivity contribution in [3.63, 3.8) is 0 Å². The lowest BCUT2D eigenvalue weighted by Gasteiger charge is -2.22. The van der Waals surface area contributed by atoms with Gasteiger partial charge in [-0.15, -0.1) is 16.4 Å². The minimum atomic E-state index is -6.15. The second-order valence-electron chi connectivity index (χ2n) is 8.24. The van der Waals surface area contributed by atoms with Crippen LogP contribution in [0, 0.1) is 11.3 Å². The molecule has 1 amide bonds. The van der Waals surface area contributed by atoms with Crippen LogP contribution in [0.4, 0.5) is 39.5 Å². The Morgan fingerprint density at radius 1 is 1.26 bits per heavy atom. The topological polar surface area (TPSA) is 106 Å². The Hall–Kier alpha value is -3.46. The van der Waals surface area contributed by atoms with Crippen molar-refractivity contribution in [2.45, 2.75) is 43.0 Å². The first-order valence-corrected chi connectivity index (χ1v) is 11.5. The molecule has 0 aliphatic heterocycles. The molecular formula is C20H11ClF9N5O3S. The highest BCUT2D eigenvalue weighted by Gasteiger charge is 2.60. The smallest absolute Gasteiger partial charge is 0.410 e. The molecule has 1 saturated carbocycles. The van der Waals surface area contributed by atoms with Gasteiger partial charge in [0.05, 0.1) is 16.5 Å². The number of aromatic nitrogens is 3. The predicted octanol–water partition coefficient (Wildman–Crippen LogP) is 6.13. The van der Waals surface area contributed by atoms with E-state index < -0.39 is 58.9 Å². The van der Waals surface area contributed by atoms with Gasteiger partial charge in [0.1, 0.15) is 26.8 Å². The number of thiophene rings is 1. The minimum absolute atomic E-state index is 0.0611. The highest BCUT2D eigenvalue weighted by Crippen LogP contribution is 2.46. The number of alkyl halides is 9. The molecule has 1 aliphatic carbocycles. The van der Waals surface area contributed by atoms with Gasteiger partial charge in [0.15, 0.2) is 5.76 Å². The summed E-state index contributed by atoms with van der Waals surface area (Å²) in [5.41, 5.74) is -4.90. The molecule has 0 saturated heterocycles. The lowest BCUT2D eigenvalue weighted by atomic mass is 10.1. The number of ether oxygens (including phenoxy) is 1. The van der Waals surface area contributed by atoms with Crippen LogP contribution in [-0.4, -0.2) is 44.8 Å². The summed E-state index contributed by atoms with van der Waals surface area (Å²) in [5.74, 6) is -2.97. The van der Waals surface area contributed by atoms with Gasteiger partial charge in [-0.2, -0.15) is 40.4 Å². The Balaban J connectivity index is 1.69. The third-order valence-electron chi connectivity index (χ3n) is 5.36. The average Bonchev–Trinajstić information content (AvgIpc) is 3.11. The van der Waals surface area contributed by atoms with Crippen LogP contribution < -0.4 is 10.1 Å². The molecule has 19 heteroatoms. The second kappa shape index (κ2) is 9.33. The molecule has 39 heavy (non-hydrogen) atoms. The number of hydrogen-bond donors (Lipinski definition) is 1. The first kappa shape index (κ1) is 28.5. The highest BCUT2D eigenvalue weighted by molar-refractivity contribution is 7.19. The summed E-state index contributed by atoms with van der Waals surface area (Å²) >= 11 is 6.85. The van der Waals surface area contributed by atoms with E-state index in [2.05, 4.69) is 20.3 Å². The number of aryl methyl sites for hydroxylation is 1. The van der Waals surface area contributed by atoms with E-state index in [1.54, 1.807) is 0 Å². The summed E-state index contributed by atoms with van der Waals surface area (Å²) < 4.78 is 128. The van der Waals surface area contributed by atoms with Crippen molar-refractivity contribution < 1.29 is 53.6 Å². The fourth-order valence-corrected chi connectivity index (χ4v) is 4.53. The van der Waals surface area contributed by atoms with E-state index >= 15 is 0 Å². The molecule has 3 aromatic heterocycles. The first-order valence-electron chi connectivity index (χ1n) is 10.3. The molecule has 1 atom stereocenters. The van der Waals surface area contributed by atoms with Crippen LogP contribution in [0.3, 0.4) is 0 Å². The van der Waals surface area contributed by atoms with Crippen molar-refractivity contribution in [3.8, 4) is 34.0 Å². The van der Waals surface area contributed by atoms with E-state index in [-0.39, 0.29) is 20.5 Å². The van der Waals surface area contributed by atoms with Crippen LogP contribution in [0.25, 0.3) is 22.0 Å². The van der Waals surface area contributed by atoms with Gasteiger partial charge in [0, 0.05) is 13.1 Å². The molecule has 1 aliphatic rings. The largest absolute Gasteiger partial charge is 0.440 e. The molecule has 1 unspecified atom stereocenters. The van der Waals surface area contributed by atoms with Gasteiger partial charge in [-0.25, -0.2) is 4.39 Å². The Morgan fingerprint density at radius 3 is 2.44 bits per heavy atom. The van der Waals surface area contributed by atoms with Crippen LogP contribution in [-0.2, 0) is 13.2 Å². The zero-order valence-corrected chi connectivity index (χ0v) is 20.4. The van der Waals surface area contributed by atoms with Gasteiger partial charge in [-0.3, -0.25) is 9.48 Å². The number of halogens is 10. The first-order chi connectivity index (χ1) is 17.9. The summed E-state index contributed by atoms with van der Waals surface area (Å²) in [6.45, 7) is 0. The van der Waals surface area contributed by atoms with Crippen molar-refractivity contribution in [2.24, 2.45) is 7.05 Å². The molecular weight excluding hydrogens is 597 g/mol. The third-order valence-corrected chi connectivity index (χ3v) is 6.73. The van der Waals surface area contributed by atoms with Crippen LogP contribution >= 0.6 is 22.9 Å². The molecule has 1 fully saturated rings. The number of carbonyl (C=O) groups is 1. The maximum absolute atomic E-state index is 13.8. The maximum Gasteiger partial charge on any atom is 0.440 e. The SMILES string of the molecule is Cn1nc(OC(F)(F)C(F)C(F)(F)F)c(C(F)(F)F)c1-c1cc(-c2cc(C(=O)NC3(C#N)CC3)c(Cl)s2)on1. The van der Waals surface area contributed by atoms with Gasteiger partial charge in [0.2, 0.25) is 0 Å². The molecule has 1 N–H and O–H groups in total. The Bertz CT molecular complexity index is 1470. The number of nitrogens with zero attached hydrogens (tertiary/aromatic N) is 4. The summed E-state index contributed by atoms with van der Waals surface area (Å²) in [4.78, 5) is 12.6. The van der Waals surface area contributed by atoms with Crippen LogP contribution in [0.15, 0.2) is 16.7 Å². The number of nitriles is 1. The molecule has 3 aromatic rings. The van der Waals surface area contributed by atoms with Gasteiger partial charge >= 0.3 is 18.5 Å². The molecule has 4 rings (SSSR count). The molecule has 3 heterocycles. The van der Waals surface area contributed by atoms with Crippen LogP contribution in [0.2, 0.25) is 4.34 Å². The number of hydrogen-bond acceptors (Lipinski definition) is 7. The van der Waals surface area contributed by atoms with Crippen molar-refractivity contribution in [2.75, 3.05) is 0 Å². The van der Waals surface area contributed by atoms with E-state index in [1.807, 2.05) is 6.07 Å². The predicted molar refractivity (Wildman–Crippen MR) is 114 cm³/mol. The molecule has 210 valence electrons. The van der Waals surface area contributed by atoms with E-state index in [0.717, 1.165) is 24.5 Å². The van der Waals surface area contributed by atoms with E-state index in [9.17, 15) is 44.3 Å². The Kier molecular flexibility index (Phi) is 6.83. The van der Waals surface area contributed by atoms with Gasteiger partial charge in [0.25, 0.3) is 18.0 Å². The lowest BCUT2D eigenvalue weighted by molar-refractivity contribution is -0.306. The zero-order valence-electron chi connectivity index (χ0n) is 18.8. The van der Waals surface area contributed by atoms with Gasteiger partial charge in [-0.05, 0) is 18.9 Å². The fourth-order valence-electron chi connectivity index (χ4n) is 3.31. The number of nitrogens with one attached hydrogen (secondary N) is 1. The Morgan fingerprint density at radius 2 is 1.90 bits per heavy atom. The zero-order chi connectivity index (χ0) is 29.1. The minimum Gasteiger partial charge on any atom is -0.410 e. The number of amides is 1.